The summed E-state index contributed by atoms with van der Waals surface area (Å²) in [5, 5.41) is 8.73. The van der Waals surface area contributed by atoms with E-state index in [9.17, 15) is 32.4 Å². The van der Waals surface area contributed by atoms with Gasteiger partial charge in [-0.15, -0.1) is 0 Å². The zero-order valence-electron chi connectivity index (χ0n) is 36.2. The van der Waals surface area contributed by atoms with Crippen molar-refractivity contribution in [3.8, 4) is 0 Å². The van der Waals surface area contributed by atoms with Crippen LogP contribution >= 0.6 is 0 Å². The molecule has 2 rings (SSSR count). The first-order valence-electron chi connectivity index (χ1n) is 20.3. The summed E-state index contributed by atoms with van der Waals surface area (Å²) in [6.45, 7) is 13.1. The topological polar surface area (TPSA) is 210 Å². The Balaban J connectivity index is 2.30. The first-order valence-corrected chi connectivity index (χ1v) is 21.9. The van der Waals surface area contributed by atoms with Crippen LogP contribution in [0.4, 0.5) is 0 Å². The van der Waals surface area contributed by atoms with Crippen LogP contribution in [0, 0.1) is 23.7 Å². The number of carbonyl (C=O) groups excluding carboxylic acids is 5. The number of hydrogen-bond donors (Lipinski definition) is 4. The molecule has 0 aromatic heterocycles. The highest BCUT2D eigenvalue weighted by atomic mass is 32.2. The Morgan fingerprint density at radius 1 is 0.931 bits per heavy atom. The largest absolute Gasteiger partial charge is 0.463 e. The third-order valence-electron chi connectivity index (χ3n) is 11.2. The molecule has 4 amide bonds. The number of esters is 1. The van der Waals surface area contributed by atoms with Crippen LogP contribution < -0.4 is 16.0 Å². The van der Waals surface area contributed by atoms with Gasteiger partial charge in [-0.1, -0.05) is 85.2 Å². The van der Waals surface area contributed by atoms with Crippen LogP contribution in [0.15, 0.2) is 30.3 Å². The van der Waals surface area contributed by atoms with Gasteiger partial charge in [0.1, 0.15) is 24.4 Å². The van der Waals surface area contributed by atoms with E-state index in [-0.39, 0.29) is 48.3 Å². The van der Waals surface area contributed by atoms with Crippen LogP contribution in [0.25, 0.3) is 0 Å². The van der Waals surface area contributed by atoms with Crippen molar-refractivity contribution in [3.63, 3.8) is 0 Å². The second-order valence-corrected chi connectivity index (χ2v) is 17.6. The van der Waals surface area contributed by atoms with Gasteiger partial charge >= 0.3 is 5.97 Å². The zero-order chi connectivity index (χ0) is 43.9. The molecule has 4 N–H and O–H groups in total. The number of benzene rings is 1. The van der Waals surface area contributed by atoms with Crippen molar-refractivity contribution in [3.05, 3.63) is 35.9 Å². The first kappa shape index (κ1) is 50.5. The number of carbonyl (C=O) groups is 5. The van der Waals surface area contributed by atoms with Crippen molar-refractivity contribution in [1.82, 2.24) is 25.8 Å². The minimum atomic E-state index is -4.38. The lowest BCUT2D eigenvalue weighted by Crippen LogP contribution is -2.59. The van der Waals surface area contributed by atoms with Crippen LogP contribution in [0.2, 0.25) is 0 Å². The molecule has 0 radical (unpaired) electrons. The average Bonchev–Trinajstić information content (AvgIpc) is 3.65. The molecule has 58 heavy (non-hydrogen) atoms. The molecule has 1 heterocycles. The molecular weight excluding hydrogens is 771 g/mol. The van der Waals surface area contributed by atoms with Crippen molar-refractivity contribution in [2.45, 2.75) is 123 Å². The van der Waals surface area contributed by atoms with Gasteiger partial charge in [-0.05, 0) is 43.2 Å². The third kappa shape index (κ3) is 14.6. The molecule has 17 heteroatoms. The molecule has 9 atom stereocenters. The molecule has 330 valence electrons. The molecule has 0 aliphatic carbocycles. The minimum Gasteiger partial charge on any atom is -0.463 e. The van der Waals surface area contributed by atoms with Crippen LogP contribution in [0.1, 0.15) is 79.7 Å². The molecule has 1 aromatic carbocycles. The highest BCUT2D eigenvalue weighted by Crippen LogP contribution is 2.30. The van der Waals surface area contributed by atoms with Crippen molar-refractivity contribution in [1.29, 1.82) is 0 Å². The van der Waals surface area contributed by atoms with E-state index in [2.05, 4.69) is 16.0 Å². The summed E-state index contributed by atoms with van der Waals surface area (Å²) in [5.74, 6) is -4.13. The van der Waals surface area contributed by atoms with Gasteiger partial charge in [-0.3, -0.25) is 23.7 Å². The van der Waals surface area contributed by atoms with Gasteiger partial charge in [0.2, 0.25) is 23.6 Å². The lowest BCUT2D eigenvalue weighted by atomic mass is 9.89. The Bertz CT molecular complexity index is 1600. The number of amides is 4. The maximum absolute atomic E-state index is 14.2. The molecule has 1 aliphatic heterocycles. The number of nitrogens with zero attached hydrogens (tertiary/aromatic N) is 2. The van der Waals surface area contributed by atoms with Gasteiger partial charge in [-0.2, -0.15) is 8.42 Å². The van der Waals surface area contributed by atoms with Gasteiger partial charge < -0.3 is 40.0 Å². The summed E-state index contributed by atoms with van der Waals surface area (Å²) in [6, 6.07) is 5.42. The molecule has 0 bridgehead atoms. The Hall–Kier alpha value is -3.64. The highest BCUT2D eigenvalue weighted by molar-refractivity contribution is 7.85. The Kier molecular flexibility index (Phi) is 20.7. The second-order valence-electron chi connectivity index (χ2n) is 16.0. The van der Waals surface area contributed by atoms with E-state index >= 15 is 0 Å². The molecular formula is C41H69N5O11S. The van der Waals surface area contributed by atoms with Gasteiger partial charge in [0.15, 0.2) is 0 Å². The molecule has 1 aromatic rings. The van der Waals surface area contributed by atoms with Crippen LogP contribution in [0.5, 0.6) is 0 Å². The van der Waals surface area contributed by atoms with Crippen molar-refractivity contribution >= 4 is 39.7 Å². The van der Waals surface area contributed by atoms with Gasteiger partial charge in [0.05, 0.1) is 42.7 Å². The summed E-state index contributed by atoms with van der Waals surface area (Å²) in [6.07, 6.45) is 0.435. The summed E-state index contributed by atoms with van der Waals surface area (Å²) in [5.41, 5.74) is 0.719. The standard InChI is InChI=1S/C41H69N5O11S/c1-12-27(6)36(45(9)40(50)35(26(4)5)44-39(49)34(42-8)25(2)3)32(55-10)24-33(47)46-20-16-19-31(46)37(56-11)28(7)38(48)43-30(23-29-17-14-13-15-18-29)41(51)57-21-22-58(52,53)54/h13-15,17-18,25-28,30-32,34-37,42H,12,16,19-24H2,1-11H3,(H,43,48)(H,44,49)(H,52,53,54)/t27-,28+,30-,31-,32+,34-,35-,36-,37+/m0/s1. The molecule has 0 unspecified atom stereocenters. The van der Waals surface area contributed by atoms with E-state index in [0.717, 1.165) is 5.56 Å². The second kappa shape index (κ2) is 23.8. The Morgan fingerprint density at radius 2 is 1.55 bits per heavy atom. The third-order valence-corrected chi connectivity index (χ3v) is 11.9. The lowest BCUT2D eigenvalue weighted by Gasteiger charge is -2.41. The minimum absolute atomic E-state index is 0.00000171. The zero-order valence-corrected chi connectivity index (χ0v) is 37.0. The predicted molar refractivity (Wildman–Crippen MR) is 220 cm³/mol. The normalized spacial score (nSPS) is 18.7. The SMILES string of the molecule is CC[C@H](C)[C@@H]([C@@H](CC(=O)N1CCC[C@H]1[C@H](OC)[C@@H](C)C(=O)N[C@@H](Cc1ccccc1)C(=O)OCCS(=O)(=O)O)OC)N(C)C(=O)[C@@H](NC(=O)[C@@H](NC)C(C)C)C(C)C. The number of rotatable bonds is 24. The Morgan fingerprint density at radius 3 is 2.07 bits per heavy atom. The quantitative estimate of drug-likeness (QED) is 0.0875. The molecule has 1 saturated heterocycles. The van der Waals surface area contributed by atoms with Crippen LogP contribution in [-0.2, 0) is 54.7 Å². The van der Waals surface area contributed by atoms with Gasteiger partial charge in [0.25, 0.3) is 10.1 Å². The fourth-order valence-corrected chi connectivity index (χ4v) is 8.04. The van der Waals surface area contributed by atoms with E-state index in [1.54, 1.807) is 61.2 Å². The van der Waals surface area contributed by atoms with Gasteiger partial charge in [0, 0.05) is 34.2 Å². The molecule has 16 nitrogen and oxygen atoms in total. The smallest absolute Gasteiger partial charge is 0.329 e. The fraction of sp³-hybridized carbons (Fsp3) is 0.732. The van der Waals surface area contributed by atoms with E-state index in [0.29, 0.717) is 25.8 Å². The molecule has 1 fully saturated rings. The van der Waals surface area contributed by atoms with Crippen LogP contribution in [-0.4, -0.2) is 142 Å². The number of likely N-dealkylation sites (N-methyl/N-ethyl adjacent to an activating group) is 2. The fourth-order valence-electron chi connectivity index (χ4n) is 7.74. The summed E-state index contributed by atoms with van der Waals surface area (Å²) in [7, 11) is 1.99. The number of ether oxygens (including phenoxy) is 3. The molecule has 0 saturated carbocycles. The van der Waals surface area contributed by atoms with Crippen molar-refractivity contribution in [2.75, 3.05) is 47.2 Å². The summed E-state index contributed by atoms with van der Waals surface area (Å²) in [4.78, 5) is 71.9. The Labute approximate surface area is 345 Å². The van der Waals surface area contributed by atoms with E-state index in [1.807, 2.05) is 41.5 Å². The molecule has 0 spiro atoms. The number of methoxy groups -OCH3 is 2. The maximum Gasteiger partial charge on any atom is 0.329 e. The number of hydrogen-bond acceptors (Lipinski definition) is 11. The van der Waals surface area contributed by atoms with E-state index in [4.69, 9.17) is 18.8 Å². The summed E-state index contributed by atoms with van der Waals surface area (Å²) >= 11 is 0. The highest BCUT2D eigenvalue weighted by Gasteiger charge is 2.43. The maximum atomic E-state index is 14.2. The van der Waals surface area contributed by atoms with Crippen LogP contribution in [0.3, 0.4) is 0 Å². The molecule has 1 aliphatic rings. The number of likely N-dealkylation sites (tertiary alicyclic amines) is 1. The van der Waals surface area contributed by atoms with Crippen molar-refractivity contribution < 1.29 is 51.2 Å². The van der Waals surface area contributed by atoms with Gasteiger partial charge in [-0.25, -0.2) is 4.79 Å². The van der Waals surface area contributed by atoms with E-state index < -0.39 is 82.7 Å². The average molecular weight is 840 g/mol. The first-order chi connectivity index (χ1) is 27.2. The number of nitrogens with one attached hydrogen (secondary N) is 3. The summed E-state index contributed by atoms with van der Waals surface area (Å²) < 4.78 is 48.5. The van der Waals surface area contributed by atoms with E-state index in [1.165, 1.54) is 14.2 Å². The lowest BCUT2D eigenvalue weighted by molar-refractivity contribution is -0.149. The monoisotopic (exact) mass is 839 g/mol. The van der Waals surface area contributed by atoms with Crippen molar-refractivity contribution in [2.24, 2.45) is 23.7 Å². The predicted octanol–water partition coefficient (Wildman–Crippen LogP) is 2.45.